The molecule has 0 aliphatic carbocycles. The number of morpholine rings is 1. The van der Waals surface area contributed by atoms with Crippen LogP contribution in [0.5, 0.6) is 5.75 Å². The Morgan fingerprint density at radius 2 is 1.63 bits per heavy atom. The Kier molecular flexibility index (Phi) is 10.4. The van der Waals surface area contributed by atoms with Crippen molar-refractivity contribution in [2.24, 2.45) is 0 Å². The Morgan fingerprint density at radius 1 is 0.976 bits per heavy atom. The van der Waals surface area contributed by atoms with Crippen molar-refractivity contribution in [3.05, 3.63) is 95.8 Å². The van der Waals surface area contributed by atoms with Crippen LogP contribution >= 0.6 is 0 Å². The SMILES string of the molecule is CCNC(=O)[C@H](Cc1ccccc1)N(Cc1ccc(F)cc1)C(=O)COc1ccc(S(=O)(=O)N2CCOCC2)cc1. The lowest BCUT2D eigenvalue weighted by molar-refractivity contribution is -0.142. The molecule has 9 nitrogen and oxygen atoms in total. The molecule has 1 aliphatic rings. The second-order valence-electron chi connectivity index (χ2n) is 9.52. The summed E-state index contributed by atoms with van der Waals surface area (Å²) in [7, 11) is -3.67. The Hall–Kier alpha value is -3.80. The second kappa shape index (κ2) is 14.2. The number of rotatable bonds is 12. The number of nitrogens with zero attached hydrogens (tertiary/aromatic N) is 2. The highest BCUT2D eigenvalue weighted by Crippen LogP contribution is 2.21. The molecule has 41 heavy (non-hydrogen) atoms. The highest BCUT2D eigenvalue weighted by atomic mass is 32.2. The van der Waals surface area contributed by atoms with E-state index >= 15 is 0 Å². The van der Waals surface area contributed by atoms with Gasteiger partial charge < -0.3 is 19.7 Å². The summed E-state index contributed by atoms with van der Waals surface area (Å²) in [6.07, 6.45) is 0.272. The number of hydrogen-bond donors (Lipinski definition) is 1. The van der Waals surface area contributed by atoms with E-state index in [1.165, 1.54) is 45.6 Å². The molecule has 4 rings (SSSR count). The molecule has 0 aromatic heterocycles. The van der Waals surface area contributed by atoms with E-state index in [0.29, 0.717) is 31.1 Å². The Morgan fingerprint density at radius 3 is 2.27 bits per heavy atom. The first-order valence-electron chi connectivity index (χ1n) is 13.4. The number of benzene rings is 3. The maximum atomic E-state index is 13.6. The normalized spacial score (nSPS) is 14.7. The summed E-state index contributed by atoms with van der Waals surface area (Å²) in [5, 5.41) is 2.81. The molecule has 1 fully saturated rings. The largest absolute Gasteiger partial charge is 0.484 e. The van der Waals surface area contributed by atoms with E-state index in [1.807, 2.05) is 30.3 Å². The molecule has 3 aromatic rings. The van der Waals surface area contributed by atoms with E-state index in [9.17, 15) is 22.4 Å². The highest BCUT2D eigenvalue weighted by molar-refractivity contribution is 7.89. The van der Waals surface area contributed by atoms with Gasteiger partial charge in [0.15, 0.2) is 6.61 Å². The molecule has 0 spiro atoms. The fourth-order valence-corrected chi connectivity index (χ4v) is 5.91. The maximum absolute atomic E-state index is 13.6. The molecule has 2 amide bonds. The van der Waals surface area contributed by atoms with Crippen LogP contribution in [0.25, 0.3) is 0 Å². The minimum Gasteiger partial charge on any atom is -0.484 e. The van der Waals surface area contributed by atoms with Crippen molar-refractivity contribution < 1.29 is 31.9 Å². The van der Waals surface area contributed by atoms with Gasteiger partial charge in [-0.05, 0) is 54.4 Å². The van der Waals surface area contributed by atoms with Crippen LogP contribution in [0.1, 0.15) is 18.1 Å². The average molecular weight is 584 g/mol. The summed E-state index contributed by atoms with van der Waals surface area (Å²) in [5.74, 6) is -0.867. The fourth-order valence-electron chi connectivity index (χ4n) is 4.50. The predicted octanol–water partition coefficient (Wildman–Crippen LogP) is 3.00. The predicted molar refractivity (Wildman–Crippen MR) is 151 cm³/mol. The molecule has 1 heterocycles. The van der Waals surface area contributed by atoms with Crippen molar-refractivity contribution in [2.75, 3.05) is 39.5 Å². The molecule has 1 atom stereocenters. The minimum absolute atomic E-state index is 0.0633. The third kappa shape index (κ3) is 8.12. The van der Waals surface area contributed by atoms with Crippen LogP contribution in [-0.4, -0.2) is 74.9 Å². The topological polar surface area (TPSA) is 105 Å². The summed E-state index contributed by atoms with van der Waals surface area (Å²) in [5.41, 5.74) is 1.53. The van der Waals surface area contributed by atoms with Gasteiger partial charge in [-0.15, -0.1) is 0 Å². The van der Waals surface area contributed by atoms with Crippen LogP contribution < -0.4 is 10.1 Å². The summed E-state index contributed by atoms with van der Waals surface area (Å²) in [6, 6.07) is 20.1. The number of likely N-dealkylation sites (N-methyl/N-ethyl adjacent to an activating group) is 1. The fraction of sp³-hybridized carbons (Fsp3) is 0.333. The van der Waals surface area contributed by atoms with Crippen LogP contribution in [0.4, 0.5) is 4.39 Å². The third-order valence-electron chi connectivity index (χ3n) is 6.68. The van der Waals surface area contributed by atoms with Crippen LogP contribution in [0.2, 0.25) is 0 Å². The number of nitrogens with one attached hydrogen (secondary N) is 1. The van der Waals surface area contributed by atoms with Gasteiger partial charge in [0.25, 0.3) is 5.91 Å². The smallest absolute Gasteiger partial charge is 0.261 e. The summed E-state index contributed by atoms with van der Waals surface area (Å²) in [4.78, 5) is 28.3. The molecular weight excluding hydrogens is 549 g/mol. The minimum atomic E-state index is -3.67. The van der Waals surface area contributed by atoms with Gasteiger partial charge >= 0.3 is 0 Å². The lowest BCUT2D eigenvalue weighted by atomic mass is 10.0. The lowest BCUT2D eigenvalue weighted by Gasteiger charge is -2.31. The van der Waals surface area contributed by atoms with E-state index in [-0.39, 0.29) is 43.5 Å². The monoisotopic (exact) mass is 583 g/mol. The van der Waals surface area contributed by atoms with Crippen molar-refractivity contribution in [1.82, 2.24) is 14.5 Å². The van der Waals surface area contributed by atoms with E-state index in [0.717, 1.165) is 5.56 Å². The standard InChI is InChI=1S/C30H34FN3O6S/c1-2-32-30(36)28(20-23-6-4-3-5-7-23)34(21-24-8-10-25(31)11-9-24)29(35)22-40-26-12-14-27(15-13-26)41(37,38)33-16-18-39-19-17-33/h3-15,28H,2,16-22H2,1H3,(H,32,36)/t28-/m0/s1. The van der Waals surface area contributed by atoms with Crippen molar-refractivity contribution in [3.8, 4) is 5.75 Å². The molecule has 0 bridgehead atoms. The molecule has 0 unspecified atom stereocenters. The van der Waals surface area contributed by atoms with Gasteiger partial charge in [-0.3, -0.25) is 9.59 Å². The molecule has 1 saturated heterocycles. The third-order valence-corrected chi connectivity index (χ3v) is 8.60. The molecule has 3 aromatic carbocycles. The number of amides is 2. The van der Waals surface area contributed by atoms with E-state index in [1.54, 1.807) is 19.1 Å². The van der Waals surface area contributed by atoms with Gasteiger partial charge in [0, 0.05) is 32.6 Å². The summed E-state index contributed by atoms with van der Waals surface area (Å²) < 4.78 is 51.7. The van der Waals surface area contributed by atoms with Gasteiger partial charge in [0.1, 0.15) is 17.6 Å². The zero-order valence-corrected chi connectivity index (χ0v) is 23.7. The Balaban J connectivity index is 1.52. The summed E-state index contributed by atoms with van der Waals surface area (Å²) >= 11 is 0. The lowest BCUT2D eigenvalue weighted by Crippen LogP contribution is -2.51. The molecule has 0 saturated carbocycles. The molecule has 11 heteroatoms. The second-order valence-corrected chi connectivity index (χ2v) is 11.5. The van der Waals surface area contributed by atoms with Crippen molar-refractivity contribution in [2.45, 2.75) is 30.8 Å². The molecular formula is C30H34FN3O6S. The Bertz CT molecular complexity index is 1400. The van der Waals surface area contributed by atoms with Crippen LogP contribution in [0, 0.1) is 5.82 Å². The van der Waals surface area contributed by atoms with Crippen molar-refractivity contribution >= 4 is 21.8 Å². The van der Waals surface area contributed by atoms with Crippen molar-refractivity contribution in [3.63, 3.8) is 0 Å². The molecule has 1 aliphatic heterocycles. The van der Waals surface area contributed by atoms with E-state index in [4.69, 9.17) is 9.47 Å². The number of ether oxygens (including phenoxy) is 2. The first-order chi connectivity index (χ1) is 19.8. The molecule has 218 valence electrons. The number of carbonyl (C=O) groups excluding carboxylic acids is 2. The van der Waals surface area contributed by atoms with Crippen LogP contribution in [0.3, 0.4) is 0 Å². The molecule has 0 radical (unpaired) electrons. The molecule has 1 N–H and O–H groups in total. The highest BCUT2D eigenvalue weighted by Gasteiger charge is 2.31. The Labute approximate surface area is 239 Å². The quantitative estimate of drug-likeness (QED) is 0.352. The van der Waals surface area contributed by atoms with Gasteiger partial charge in [0.05, 0.1) is 18.1 Å². The van der Waals surface area contributed by atoms with Gasteiger partial charge in [-0.25, -0.2) is 12.8 Å². The summed E-state index contributed by atoms with van der Waals surface area (Å²) in [6.45, 7) is 3.13. The number of carbonyl (C=O) groups is 2. The first kappa shape index (κ1) is 30.2. The van der Waals surface area contributed by atoms with Crippen LogP contribution in [-0.2, 0) is 37.3 Å². The number of halogens is 1. The average Bonchev–Trinajstić information content (AvgIpc) is 3.00. The van der Waals surface area contributed by atoms with Crippen molar-refractivity contribution in [1.29, 1.82) is 0 Å². The maximum Gasteiger partial charge on any atom is 0.261 e. The number of sulfonamides is 1. The van der Waals surface area contributed by atoms with Gasteiger partial charge in [-0.1, -0.05) is 42.5 Å². The zero-order valence-electron chi connectivity index (χ0n) is 22.9. The van der Waals surface area contributed by atoms with E-state index < -0.39 is 27.8 Å². The van der Waals surface area contributed by atoms with Gasteiger partial charge in [0.2, 0.25) is 15.9 Å². The van der Waals surface area contributed by atoms with Gasteiger partial charge in [-0.2, -0.15) is 4.31 Å². The van der Waals surface area contributed by atoms with E-state index in [2.05, 4.69) is 5.32 Å². The first-order valence-corrected chi connectivity index (χ1v) is 14.9. The van der Waals surface area contributed by atoms with Crippen LogP contribution in [0.15, 0.2) is 83.8 Å². The number of hydrogen-bond acceptors (Lipinski definition) is 6. The zero-order chi connectivity index (χ0) is 29.2.